The fourth-order valence-electron chi connectivity index (χ4n) is 2.18. The van der Waals surface area contributed by atoms with E-state index in [2.05, 4.69) is 20.9 Å². The summed E-state index contributed by atoms with van der Waals surface area (Å²) >= 11 is 0. The zero-order chi connectivity index (χ0) is 19.1. The van der Waals surface area contributed by atoms with Crippen molar-refractivity contribution in [3.63, 3.8) is 0 Å². The number of carbonyl (C=O) groups excluding carboxylic acids is 2. The van der Waals surface area contributed by atoms with E-state index in [1.165, 1.54) is 25.2 Å². The van der Waals surface area contributed by atoms with E-state index < -0.39 is 10.8 Å². The van der Waals surface area contributed by atoms with Gasteiger partial charge in [0.25, 0.3) is 11.6 Å². The first-order valence-corrected chi connectivity index (χ1v) is 7.87. The molecule has 0 aliphatic rings. The smallest absolute Gasteiger partial charge is 0.270 e. The molecule has 0 fully saturated rings. The van der Waals surface area contributed by atoms with Gasteiger partial charge in [-0.2, -0.15) is 0 Å². The molecule has 26 heavy (non-hydrogen) atoms. The van der Waals surface area contributed by atoms with Crippen LogP contribution in [0.25, 0.3) is 0 Å². The minimum Gasteiger partial charge on any atom is -0.384 e. The predicted molar refractivity (Wildman–Crippen MR) is 97.2 cm³/mol. The average Bonchev–Trinajstić information content (AvgIpc) is 2.63. The molecule has 0 aliphatic carbocycles. The molecular formula is C17H19N5O4. The van der Waals surface area contributed by atoms with E-state index >= 15 is 0 Å². The number of hydrogen-bond donors (Lipinski definition) is 3. The summed E-state index contributed by atoms with van der Waals surface area (Å²) in [5.74, 6) is -0.233. The Morgan fingerprint density at radius 3 is 2.62 bits per heavy atom. The van der Waals surface area contributed by atoms with Crippen LogP contribution in [0.1, 0.15) is 22.3 Å². The molecule has 0 unspecified atom stereocenters. The summed E-state index contributed by atoms with van der Waals surface area (Å²) in [6.07, 6.45) is 1.79. The molecule has 0 aliphatic heterocycles. The lowest BCUT2D eigenvalue weighted by atomic mass is 10.1. The van der Waals surface area contributed by atoms with Gasteiger partial charge in [0.1, 0.15) is 5.82 Å². The van der Waals surface area contributed by atoms with Gasteiger partial charge in [-0.05, 0) is 24.6 Å². The van der Waals surface area contributed by atoms with Crippen LogP contribution < -0.4 is 16.0 Å². The molecule has 0 spiro atoms. The molecule has 2 rings (SSSR count). The summed E-state index contributed by atoms with van der Waals surface area (Å²) in [5, 5.41) is 18.9. The number of amides is 2. The minimum atomic E-state index is -0.571. The average molecular weight is 357 g/mol. The van der Waals surface area contributed by atoms with Crippen LogP contribution in [0.5, 0.6) is 0 Å². The summed E-state index contributed by atoms with van der Waals surface area (Å²) in [5.41, 5.74) is 1.36. The highest BCUT2D eigenvalue weighted by Gasteiger charge is 2.16. The topological polar surface area (TPSA) is 126 Å². The number of pyridine rings is 1. The van der Waals surface area contributed by atoms with Gasteiger partial charge in [-0.25, -0.2) is 4.98 Å². The number of nitro benzene ring substituents is 1. The lowest BCUT2D eigenvalue weighted by Gasteiger charge is -2.11. The number of aryl methyl sites for hydroxylation is 1. The number of carbonyl (C=O) groups is 2. The van der Waals surface area contributed by atoms with Crippen molar-refractivity contribution >= 4 is 29.0 Å². The molecule has 136 valence electrons. The van der Waals surface area contributed by atoms with E-state index in [4.69, 9.17) is 0 Å². The van der Waals surface area contributed by atoms with E-state index in [9.17, 15) is 19.7 Å². The summed E-state index contributed by atoms with van der Waals surface area (Å²) in [4.78, 5) is 38.2. The molecule has 9 heteroatoms. The van der Waals surface area contributed by atoms with Crippen LogP contribution in [0.15, 0.2) is 36.5 Å². The molecule has 1 aromatic carbocycles. The van der Waals surface area contributed by atoms with Crippen molar-refractivity contribution < 1.29 is 14.5 Å². The van der Waals surface area contributed by atoms with Gasteiger partial charge in [-0.15, -0.1) is 0 Å². The van der Waals surface area contributed by atoms with Gasteiger partial charge in [0.15, 0.2) is 0 Å². The third-order valence-corrected chi connectivity index (χ3v) is 3.53. The second kappa shape index (κ2) is 8.56. The van der Waals surface area contributed by atoms with Crippen molar-refractivity contribution in [3.8, 4) is 0 Å². The first-order chi connectivity index (χ1) is 12.4. The summed E-state index contributed by atoms with van der Waals surface area (Å²) in [6, 6.07) is 7.48. The molecule has 1 heterocycles. The maximum atomic E-state index is 11.9. The van der Waals surface area contributed by atoms with Crippen molar-refractivity contribution in [2.75, 3.05) is 24.2 Å². The van der Waals surface area contributed by atoms with Gasteiger partial charge < -0.3 is 16.0 Å². The normalized spacial score (nSPS) is 10.1. The Morgan fingerprint density at radius 2 is 2.00 bits per heavy atom. The number of nitrogens with zero attached hydrogens (tertiary/aromatic N) is 2. The van der Waals surface area contributed by atoms with Crippen LogP contribution in [0.3, 0.4) is 0 Å². The Kier molecular flexibility index (Phi) is 6.20. The summed E-state index contributed by atoms with van der Waals surface area (Å²) in [7, 11) is 1.44. The van der Waals surface area contributed by atoms with Gasteiger partial charge in [0, 0.05) is 44.0 Å². The molecule has 9 nitrogen and oxygen atoms in total. The zero-order valence-corrected chi connectivity index (χ0v) is 14.4. The molecule has 2 amide bonds. The summed E-state index contributed by atoms with van der Waals surface area (Å²) < 4.78 is 0. The molecule has 0 radical (unpaired) electrons. The highest BCUT2D eigenvalue weighted by Crippen LogP contribution is 2.22. The Bertz CT molecular complexity index is 820. The van der Waals surface area contributed by atoms with E-state index in [1.807, 2.05) is 13.0 Å². The largest absolute Gasteiger partial charge is 0.384 e. The highest BCUT2D eigenvalue weighted by molar-refractivity contribution is 6.00. The number of nitro groups is 1. The van der Waals surface area contributed by atoms with Gasteiger partial charge in [-0.1, -0.05) is 6.07 Å². The summed E-state index contributed by atoms with van der Waals surface area (Å²) in [6.45, 7) is 2.15. The van der Waals surface area contributed by atoms with Crippen LogP contribution in [0, 0.1) is 17.0 Å². The number of anilines is 2. The molecule has 0 saturated heterocycles. The van der Waals surface area contributed by atoms with E-state index in [0.29, 0.717) is 11.5 Å². The van der Waals surface area contributed by atoms with Crippen LogP contribution >= 0.6 is 0 Å². The van der Waals surface area contributed by atoms with Gasteiger partial charge >= 0.3 is 0 Å². The van der Waals surface area contributed by atoms with E-state index in [-0.39, 0.29) is 30.1 Å². The van der Waals surface area contributed by atoms with Gasteiger partial charge in [0.05, 0.1) is 10.5 Å². The van der Waals surface area contributed by atoms with Gasteiger partial charge in [0.2, 0.25) is 5.91 Å². The van der Waals surface area contributed by atoms with Crippen molar-refractivity contribution in [1.29, 1.82) is 0 Å². The number of rotatable bonds is 7. The lowest BCUT2D eigenvalue weighted by molar-refractivity contribution is -0.384. The van der Waals surface area contributed by atoms with Crippen molar-refractivity contribution in [2.24, 2.45) is 0 Å². The fraction of sp³-hybridized carbons (Fsp3) is 0.235. The Morgan fingerprint density at radius 1 is 1.23 bits per heavy atom. The fourth-order valence-corrected chi connectivity index (χ4v) is 2.18. The maximum Gasteiger partial charge on any atom is 0.270 e. The van der Waals surface area contributed by atoms with Crippen molar-refractivity contribution in [3.05, 3.63) is 57.8 Å². The standard InChI is InChI=1S/C17H19N5O4/c1-11-3-6-15(20-10-11)21-16(23)7-8-19-14-5-4-12(22(25)26)9-13(14)17(24)18-2/h3-6,9-10,19H,7-8H2,1-2H3,(H,18,24)(H,20,21,23). The molecule has 3 N–H and O–H groups in total. The Hall–Kier alpha value is -3.49. The highest BCUT2D eigenvalue weighted by atomic mass is 16.6. The number of non-ortho nitro benzene ring substituents is 1. The Balaban J connectivity index is 1.97. The maximum absolute atomic E-state index is 11.9. The predicted octanol–water partition coefficient (Wildman–Crippen LogP) is 2.10. The third-order valence-electron chi connectivity index (χ3n) is 3.53. The molecule has 2 aromatic rings. The number of hydrogen-bond acceptors (Lipinski definition) is 6. The SMILES string of the molecule is CNC(=O)c1cc([N+](=O)[O-])ccc1NCCC(=O)Nc1ccc(C)cn1. The van der Waals surface area contributed by atoms with Gasteiger partial charge in [-0.3, -0.25) is 19.7 Å². The monoisotopic (exact) mass is 357 g/mol. The van der Waals surface area contributed by atoms with Crippen LogP contribution in [-0.4, -0.2) is 35.3 Å². The lowest BCUT2D eigenvalue weighted by Crippen LogP contribution is -2.21. The van der Waals surface area contributed by atoms with Crippen molar-refractivity contribution in [2.45, 2.75) is 13.3 Å². The quantitative estimate of drug-likeness (QED) is 0.514. The molecule has 1 aromatic heterocycles. The number of aromatic nitrogens is 1. The zero-order valence-electron chi connectivity index (χ0n) is 14.4. The van der Waals surface area contributed by atoms with Crippen molar-refractivity contribution in [1.82, 2.24) is 10.3 Å². The molecular weight excluding hydrogens is 338 g/mol. The number of benzene rings is 1. The van der Waals surface area contributed by atoms with Crippen LogP contribution in [0.2, 0.25) is 0 Å². The minimum absolute atomic E-state index is 0.139. The second-order valence-corrected chi connectivity index (χ2v) is 5.51. The third kappa shape index (κ3) is 5.00. The first-order valence-electron chi connectivity index (χ1n) is 7.87. The Labute approximate surface area is 150 Å². The van der Waals surface area contributed by atoms with E-state index in [0.717, 1.165) is 5.56 Å². The van der Waals surface area contributed by atoms with E-state index in [1.54, 1.807) is 12.3 Å². The molecule has 0 saturated carbocycles. The van der Waals surface area contributed by atoms with Crippen LogP contribution in [-0.2, 0) is 4.79 Å². The second-order valence-electron chi connectivity index (χ2n) is 5.51. The molecule has 0 atom stereocenters. The number of nitrogens with one attached hydrogen (secondary N) is 3. The first kappa shape index (κ1) is 18.8. The van der Waals surface area contributed by atoms with Crippen LogP contribution in [0.4, 0.5) is 17.2 Å². The molecule has 0 bridgehead atoms.